The zero-order chi connectivity index (χ0) is 26.1. The molecule has 0 bridgehead atoms. The summed E-state index contributed by atoms with van der Waals surface area (Å²) in [6.07, 6.45) is 2.50. The molecule has 2 heterocycles. The Morgan fingerprint density at radius 3 is 2.46 bits per heavy atom. The number of halogens is 2. The van der Waals surface area contributed by atoms with E-state index in [9.17, 15) is 19.4 Å². The number of aromatic hydroxyl groups is 1. The number of thioether (sulfide) groups is 1. The summed E-state index contributed by atoms with van der Waals surface area (Å²) >= 11 is 7.49. The molecule has 5 nitrogen and oxygen atoms in total. The predicted molar refractivity (Wildman–Crippen MR) is 145 cm³/mol. The van der Waals surface area contributed by atoms with Gasteiger partial charge in [0, 0.05) is 29.4 Å². The van der Waals surface area contributed by atoms with Gasteiger partial charge in [-0.25, -0.2) is 4.39 Å². The highest BCUT2D eigenvalue weighted by Gasteiger charge is 2.49. The van der Waals surface area contributed by atoms with E-state index >= 15 is 0 Å². The highest BCUT2D eigenvalue weighted by atomic mass is 35.5. The van der Waals surface area contributed by atoms with Crippen LogP contribution in [-0.2, 0) is 4.79 Å². The standard InChI is InChI=1S/C29H24ClFN2O3S/c1-17-12-23(8-11-25(17)20-13-21(30)15-32-14-20)33-27(19-4-9-24(34)10-5-19)28(29(33)36)37-16-26(35)18-2-6-22(31)7-3-18/h2-15,26-28,34-35H,16H2,1H3/t26-,27+,28+/m0/s1. The van der Waals surface area contributed by atoms with E-state index in [4.69, 9.17) is 11.6 Å². The van der Waals surface area contributed by atoms with Crippen LogP contribution in [-0.4, -0.2) is 32.1 Å². The molecule has 1 aliphatic heterocycles. The Kier molecular flexibility index (Phi) is 7.20. The number of benzene rings is 3. The molecule has 8 heteroatoms. The molecule has 5 rings (SSSR count). The summed E-state index contributed by atoms with van der Waals surface area (Å²) in [6.45, 7) is 1.98. The molecule has 1 aromatic heterocycles. The lowest BCUT2D eigenvalue weighted by Gasteiger charge is -2.47. The quantitative estimate of drug-likeness (QED) is 0.265. The zero-order valence-corrected chi connectivity index (χ0v) is 21.5. The summed E-state index contributed by atoms with van der Waals surface area (Å²) in [5.74, 6) is -0.00333. The number of hydrogen-bond donors (Lipinski definition) is 2. The van der Waals surface area contributed by atoms with Crippen molar-refractivity contribution in [2.45, 2.75) is 24.3 Å². The van der Waals surface area contributed by atoms with Crippen molar-refractivity contribution >= 4 is 35.0 Å². The van der Waals surface area contributed by atoms with Crippen LogP contribution < -0.4 is 4.90 Å². The van der Waals surface area contributed by atoms with Crippen LogP contribution in [0.25, 0.3) is 11.1 Å². The van der Waals surface area contributed by atoms with Gasteiger partial charge in [-0.2, -0.15) is 0 Å². The molecule has 1 saturated heterocycles. The fourth-order valence-electron chi connectivity index (χ4n) is 4.56. The minimum absolute atomic E-state index is 0.0639. The molecule has 0 aliphatic carbocycles. The largest absolute Gasteiger partial charge is 0.508 e. The first-order valence-electron chi connectivity index (χ1n) is 11.7. The lowest BCUT2D eigenvalue weighted by molar-refractivity contribution is -0.123. The monoisotopic (exact) mass is 534 g/mol. The van der Waals surface area contributed by atoms with E-state index in [0.29, 0.717) is 10.6 Å². The summed E-state index contributed by atoms with van der Waals surface area (Å²) < 4.78 is 13.3. The molecule has 3 atom stereocenters. The SMILES string of the molecule is Cc1cc(N2C(=O)[C@H](SC[C@H](O)c3ccc(F)cc3)[C@H]2c2ccc(O)cc2)ccc1-c1cncc(Cl)c1. The number of amides is 1. The van der Waals surface area contributed by atoms with Gasteiger partial charge >= 0.3 is 0 Å². The maximum atomic E-state index is 13.4. The van der Waals surface area contributed by atoms with E-state index in [-0.39, 0.29) is 29.3 Å². The number of phenolic OH excluding ortho intramolecular Hbond substituents is 1. The number of aromatic nitrogens is 1. The number of anilines is 1. The van der Waals surface area contributed by atoms with Gasteiger partial charge in [0.15, 0.2) is 0 Å². The molecule has 37 heavy (non-hydrogen) atoms. The Hall–Kier alpha value is -3.39. The van der Waals surface area contributed by atoms with Crippen molar-refractivity contribution < 1.29 is 19.4 Å². The molecule has 0 radical (unpaired) electrons. The molecule has 2 N–H and O–H groups in total. The van der Waals surface area contributed by atoms with Crippen LogP contribution >= 0.6 is 23.4 Å². The average molecular weight is 535 g/mol. The van der Waals surface area contributed by atoms with Crippen LogP contribution in [0.3, 0.4) is 0 Å². The minimum atomic E-state index is -0.833. The Bertz CT molecular complexity index is 1430. The number of aliphatic hydroxyl groups is 1. The molecular weight excluding hydrogens is 511 g/mol. The molecule has 188 valence electrons. The summed E-state index contributed by atoms with van der Waals surface area (Å²) in [6, 6.07) is 19.9. The van der Waals surface area contributed by atoms with E-state index in [0.717, 1.165) is 27.9 Å². The van der Waals surface area contributed by atoms with E-state index in [2.05, 4.69) is 4.98 Å². The number of nitrogens with zero attached hydrogens (tertiary/aromatic N) is 2. The van der Waals surface area contributed by atoms with Gasteiger partial charge in [0.2, 0.25) is 5.91 Å². The summed E-state index contributed by atoms with van der Waals surface area (Å²) in [5, 5.41) is 20.5. The van der Waals surface area contributed by atoms with E-state index in [1.165, 1.54) is 23.9 Å². The second-order valence-electron chi connectivity index (χ2n) is 8.96. The number of hydrogen-bond acceptors (Lipinski definition) is 5. The van der Waals surface area contributed by atoms with Crippen molar-refractivity contribution in [3.8, 4) is 16.9 Å². The van der Waals surface area contributed by atoms with Crippen molar-refractivity contribution in [2.24, 2.45) is 0 Å². The van der Waals surface area contributed by atoms with Crippen molar-refractivity contribution in [1.29, 1.82) is 0 Å². The third kappa shape index (κ3) is 5.21. The van der Waals surface area contributed by atoms with Gasteiger partial charge in [-0.05, 0) is 71.6 Å². The number of rotatable bonds is 7. The number of carbonyl (C=O) groups is 1. The van der Waals surface area contributed by atoms with Crippen LogP contribution in [0.15, 0.2) is 85.2 Å². The molecule has 3 aromatic carbocycles. The van der Waals surface area contributed by atoms with Gasteiger partial charge < -0.3 is 15.1 Å². The summed E-state index contributed by atoms with van der Waals surface area (Å²) in [7, 11) is 0. The molecule has 0 saturated carbocycles. The van der Waals surface area contributed by atoms with Crippen LogP contribution in [0.2, 0.25) is 5.02 Å². The Balaban J connectivity index is 1.41. The second kappa shape index (κ2) is 10.5. The number of phenols is 1. The van der Waals surface area contributed by atoms with Crippen molar-refractivity contribution in [3.05, 3.63) is 113 Å². The predicted octanol–water partition coefficient (Wildman–Crippen LogP) is 6.48. The van der Waals surface area contributed by atoms with Crippen molar-refractivity contribution in [1.82, 2.24) is 4.98 Å². The van der Waals surface area contributed by atoms with E-state index < -0.39 is 11.4 Å². The Labute approximate surface area is 223 Å². The molecule has 1 amide bonds. The third-order valence-electron chi connectivity index (χ3n) is 6.47. The molecule has 1 fully saturated rings. The van der Waals surface area contributed by atoms with Gasteiger partial charge in [0.25, 0.3) is 0 Å². The normalized spacial score (nSPS) is 17.9. The lowest BCUT2D eigenvalue weighted by Crippen LogP contribution is -2.57. The van der Waals surface area contributed by atoms with Gasteiger partial charge in [-0.15, -0.1) is 11.8 Å². The van der Waals surface area contributed by atoms with Crippen LogP contribution in [0.4, 0.5) is 10.1 Å². The average Bonchev–Trinajstić information content (AvgIpc) is 2.88. The summed E-state index contributed by atoms with van der Waals surface area (Å²) in [5.41, 5.74) is 5.08. The Morgan fingerprint density at radius 2 is 1.78 bits per heavy atom. The summed E-state index contributed by atoms with van der Waals surface area (Å²) in [4.78, 5) is 19.3. The molecular formula is C29H24ClFN2O3S. The maximum absolute atomic E-state index is 13.4. The van der Waals surface area contributed by atoms with Gasteiger partial charge in [0.05, 0.1) is 17.2 Å². The first-order valence-corrected chi connectivity index (χ1v) is 13.1. The first-order chi connectivity index (χ1) is 17.8. The van der Waals surface area contributed by atoms with E-state index in [1.807, 2.05) is 43.3 Å². The zero-order valence-electron chi connectivity index (χ0n) is 19.9. The number of aliphatic hydroxyl groups excluding tert-OH is 1. The van der Waals surface area contributed by atoms with Crippen LogP contribution in [0.1, 0.15) is 28.8 Å². The molecule has 1 aliphatic rings. The topological polar surface area (TPSA) is 73.7 Å². The van der Waals surface area contributed by atoms with Gasteiger partial charge in [-0.3, -0.25) is 9.78 Å². The molecule has 0 spiro atoms. The highest BCUT2D eigenvalue weighted by molar-refractivity contribution is 8.00. The van der Waals surface area contributed by atoms with Crippen LogP contribution in [0.5, 0.6) is 5.75 Å². The molecule has 4 aromatic rings. The smallest absolute Gasteiger partial charge is 0.243 e. The number of aryl methyl sites for hydroxylation is 1. The van der Waals surface area contributed by atoms with Crippen molar-refractivity contribution in [2.75, 3.05) is 10.7 Å². The maximum Gasteiger partial charge on any atom is 0.243 e. The third-order valence-corrected chi connectivity index (χ3v) is 8.01. The fraction of sp³-hybridized carbons (Fsp3) is 0.172. The number of carbonyl (C=O) groups excluding carboxylic acids is 1. The van der Waals surface area contributed by atoms with E-state index in [1.54, 1.807) is 41.6 Å². The van der Waals surface area contributed by atoms with Crippen molar-refractivity contribution in [3.63, 3.8) is 0 Å². The Morgan fingerprint density at radius 1 is 1.05 bits per heavy atom. The first kappa shape index (κ1) is 25.3. The highest BCUT2D eigenvalue weighted by Crippen LogP contribution is 2.47. The fourth-order valence-corrected chi connectivity index (χ4v) is 6.04. The van der Waals surface area contributed by atoms with Gasteiger partial charge in [0.1, 0.15) is 16.8 Å². The van der Waals surface area contributed by atoms with Crippen LogP contribution in [0, 0.1) is 12.7 Å². The number of pyridine rings is 1. The lowest BCUT2D eigenvalue weighted by atomic mass is 9.91. The molecule has 0 unspecified atom stereocenters. The second-order valence-corrected chi connectivity index (χ2v) is 10.6. The number of β-lactam (4-membered cyclic amide) rings is 1. The minimum Gasteiger partial charge on any atom is -0.508 e. The van der Waals surface area contributed by atoms with Gasteiger partial charge in [-0.1, -0.05) is 41.9 Å².